The molecular formula is C13H17ClN2O. The van der Waals surface area contributed by atoms with E-state index in [1.165, 1.54) is 5.56 Å². The molecular weight excluding hydrogens is 236 g/mol. The van der Waals surface area contributed by atoms with E-state index in [9.17, 15) is 0 Å². The maximum absolute atomic E-state index is 6.11. The van der Waals surface area contributed by atoms with Gasteiger partial charge in [0.1, 0.15) is 5.75 Å². The van der Waals surface area contributed by atoms with Crippen LogP contribution in [0, 0.1) is 6.92 Å². The van der Waals surface area contributed by atoms with E-state index in [1.807, 2.05) is 12.1 Å². The van der Waals surface area contributed by atoms with Gasteiger partial charge in [-0.15, -0.1) is 0 Å². The van der Waals surface area contributed by atoms with Crippen molar-refractivity contribution in [3.05, 3.63) is 28.4 Å². The molecule has 1 atom stereocenters. The lowest BCUT2D eigenvalue weighted by atomic mass is 9.98. The van der Waals surface area contributed by atoms with Crippen LogP contribution in [0.1, 0.15) is 24.1 Å². The highest BCUT2D eigenvalue weighted by Gasteiger charge is 2.16. The highest BCUT2D eigenvalue weighted by molar-refractivity contribution is 6.32. The van der Waals surface area contributed by atoms with E-state index in [1.54, 1.807) is 7.11 Å². The van der Waals surface area contributed by atoms with Gasteiger partial charge in [-0.25, -0.2) is 0 Å². The minimum absolute atomic E-state index is 0.314. The number of fused-ring (bicyclic) bond motifs is 1. The number of halogens is 1. The molecule has 2 rings (SSSR count). The first-order valence-corrected chi connectivity index (χ1v) is 6.02. The second kappa shape index (κ2) is 4.59. The second-order valence-electron chi connectivity index (χ2n) is 4.33. The van der Waals surface area contributed by atoms with Gasteiger partial charge in [-0.05, 0) is 37.1 Å². The smallest absolute Gasteiger partial charge is 0.138 e. The van der Waals surface area contributed by atoms with Crippen molar-refractivity contribution in [2.45, 2.75) is 19.8 Å². The molecule has 3 nitrogen and oxygen atoms in total. The van der Waals surface area contributed by atoms with Crippen LogP contribution in [0.5, 0.6) is 5.75 Å². The molecule has 2 aromatic rings. The Morgan fingerprint density at radius 2 is 2.18 bits per heavy atom. The Bertz CT molecular complexity index is 548. The summed E-state index contributed by atoms with van der Waals surface area (Å²) in [5, 5.41) is 1.76. The highest BCUT2D eigenvalue weighted by atomic mass is 35.5. The normalized spacial score (nSPS) is 13.0. The summed E-state index contributed by atoms with van der Waals surface area (Å²) >= 11 is 6.11. The summed E-state index contributed by atoms with van der Waals surface area (Å²) in [5.41, 5.74) is 9.17. The van der Waals surface area contributed by atoms with E-state index in [4.69, 9.17) is 22.1 Å². The first-order valence-electron chi connectivity index (χ1n) is 5.64. The van der Waals surface area contributed by atoms with Gasteiger partial charge in [0.15, 0.2) is 0 Å². The molecule has 0 saturated carbocycles. The minimum atomic E-state index is 0.314. The van der Waals surface area contributed by atoms with Crippen LogP contribution in [0.25, 0.3) is 10.9 Å². The Balaban J connectivity index is 2.71. The first-order chi connectivity index (χ1) is 8.08. The van der Waals surface area contributed by atoms with Crippen molar-refractivity contribution in [3.8, 4) is 5.75 Å². The molecule has 0 fully saturated rings. The zero-order valence-electron chi connectivity index (χ0n) is 10.3. The molecule has 1 aromatic heterocycles. The monoisotopic (exact) mass is 252 g/mol. The van der Waals surface area contributed by atoms with Crippen LogP contribution in [0.15, 0.2) is 12.1 Å². The molecule has 1 heterocycles. The fourth-order valence-corrected chi connectivity index (χ4v) is 2.50. The van der Waals surface area contributed by atoms with Crippen LogP contribution in [0.2, 0.25) is 5.02 Å². The van der Waals surface area contributed by atoms with Gasteiger partial charge in [0.2, 0.25) is 0 Å². The molecule has 0 bridgehead atoms. The molecule has 92 valence electrons. The highest BCUT2D eigenvalue weighted by Crippen LogP contribution is 2.35. The molecule has 0 spiro atoms. The van der Waals surface area contributed by atoms with E-state index >= 15 is 0 Å². The average Bonchev–Trinajstić information content (AvgIpc) is 2.62. The predicted octanol–water partition coefficient (Wildman–Crippen LogP) is 3.20. The van der Waals surface area contributed by atoms with E-state index in [2.05, 4.69) is 18.8 Å². The summed E-state index contributed by atoms with van der Waals surface area (Å²) in [6, 6.07) is 3.87. The maximum Gasteiger partial charge on any atom is 0.138 e. The minimum Gasteiger partial charge on any atom is -0.495 e. The summed E-state index contributed by atoms with van der Waals surface area (Å²) in [7, 11) is 1.62. The third kappa shape index (κ3) is 2.01. The van der Waals surface area contributed by atoms with E-state index in [0.717, 1.165) is 16.6 Å². The Morgan fingerprint density at radius 1 is 1.47 bits per heavy atom. The third-order valence-electron chi connectivity index (χ3n) is 3.15. The summed E-state index contributed by atoms with van der Waals surface area (Å²) in [5.74, 6) is 1.01. The topological polar surface area (TPSA) is 51.0 Å². The molecule has 4 heteroatoms. The lowest BCUT2D eigenvalue weighted by Gasteiger charge is -2.10. The maximum atomic E-state index is 6.11. The quantitative estimate of drug-likeness (QED) is 0.881. The molecule has 0 amide bonds. The van der Waals surface area contributed by atoms with E-state index in [-0.39, 0.29) is 0 Å². The molecule has 0 aliphatic carbocycles. The van der Waals surface area contributed by atoms with Crippen molar-refractivity contribution in [1.82, 2.24) is 4.98 Å². The molecule has 17 heavy (non-hydrogen) atoms. The number of nitrogens with two attached hydrogens (primary N) is 1. The number of methoxy groups -OCH3 is 1. The van der Waals surface area contributed by atoms with E-state index < -0.39 is 0 Å². The number of H-pyrrole nitrogens is 1. The zero-order chi connectivity index (χ0) is 12.6. The van der Waals surface area contributed by atoms with Crippen LogP contribution in [0.4, 0.5) is 0 Å². The van der Waals surface area contributed by atoms with Crippen molar-refractivity contribution < 1.29 is 4.74 Å². The van der Waals surface area contributed by atoms with E-state index in [0.29, 0.717) is 23.2 Å². The molecule has 0 radical (unpaired) electrons. The molecule has 1 aromatic carbocycles. The van der Waals surface area contributed by atoms with Gasteiger partial charge in [-0.1, -0.05) is 18.5 Å². The van der Waals surface area contributed by atoms with Crippen molar-refractivity contribution in [2.75, 3.05) is 13.7 Å². The van der Waals surface area contributed by atoms with Crippen molar-refractivity contribution >= 4 is 22.5 Å². The lowest BCUT2D eigenvalue weighted by Crippen LogP contribution is -2.09. The fraction of sp³-hybridized carbons (Fsp3) is 0.385. The average molecular weight is 253 g/mol. The molecule has 1 unspecified atom stereocenters. The number of hydrogen-bond acceptors (Lipinski definition) is 2. The molecule has 0 saturated heterocycles. The number of aromatic amines is 1. The lowest BCUT2D eigenvalue weighted by molar-refractivity contribution is 0.415. The first kappa shape index (κ1) is 12.3. The number of benzene rings is 1. The van der Waals surface area contributed by atoms with Gasteiger partial charge >= 0.3 is 0 Å². The summed E-state index contributed by atoms with van der Waals surface area (Å²) < 4.78 is 5.25. The molecule has 0 aliphatic rings. The Labute approximate surface area is 106 Å². The molecule has 0 aliphatic heterocycles. The summed E-state index contributed by atoms with van der Waals surface area (Å²) in [4.78, 5) is 3.34. The Hall–Kier alpha value is -1.19. The standard InChI is InChI=1S/C13H17ClN2O/c1-7(6-15)13-8(2)16-11-5-10(14)12(17-3)4-9(11)13/h4-5,7,16H,6,15H2,1-3H3. The van der Waals surface area contributed by atoms with Gasteiger partial charge in [0.05, 0.1) is 12.1 Å². The number of rotatable bonds is 3. The van der Waals surface area contributed by atoms with Crippen LogP contribution in [0.3, 0.4) is 0 Å². The van der Waals surface area contributed by atoms with Gasteiger partial charge in [0, 0.05) is 16.6 Å². The van der Waals surface area contributed by atoms with Crippen molar-refractivity contribution in [1.29, 1.82) is 0 Å². The number of aromatic nitrogens is 1. The summed E-state index contributed by atoms with van der Waals surface area (Å²) in [6.45, 7) is 4.80. The number of aryl methyl sites for hydroxylation is 1. The van der Waals surface area contributed by atoms with Crippen molar-refractivity contribution in [3.63, 3.8) is 0 Å². The Kier molecular flexibility index (Phi) is 3.31. The Morgan fingerprint density at radius 3 is 2.76 bits per heavy atom. The number of nitrogens with one attached hydrogen (secondary N) is 1. The van der Waals surface area contributed by atoms with Gasteiger partial charge in [0.25, 0.3) is 0 Å². The zero-order valence-corrected chi connectivity index (χ0v) is 11.1. The van der Waals surface area contributed by atoms with Crippen LogP contribution >= 0.6 is 11.6 Å². The number of hydrogen-bond donors (Lipinski definition) is 2. The fourth-order valence-electron chi connectivity index (χ4n) is 2.26. The van der Waals surface area contributed by atoms with Gasteiger partial charge in [-0.3, -0.25) is 0 Å². The van der Waals surface area contributed by atoms with Gasteiger partial charge < -0.3 is 15.5 Å². The van der Waals surface area contributed by atoms with Crippen LogP contribution in [-0.4, -0.2) is 18.6 Å². The summed E-state index contributed by atoms with van der Waals surface area (Å²) in [6.07, 6.45) is 0. The third-order valence-corrected chi connectivity index (χ3v) is 3.45. The van der Waals surface area contributed by atoms with Crippen LogP contribution < -0.4 is 10.5 Å². The van der Waals surface area contributed by atoms with Crippen molar-refractivity contribution in [2.24, 2.45) is 5.73 Å². The predicted molar refractivity (Wildman–Crippen MR) is 72.1 cm³/mol. The molecule has 3 N–H and O–H groups in total. The second-order valence-corrected chi connectivity index (χ2v) is 4.74. The SMILES string of the molecule is COc1cc2c(C(C)CN)c(C)[nH]c2cc1Cl. The van der Waals surface area contributed by atoms with Gasteiger partial charge in [-0.2, -0.15) is 0 Å². The number of ether oxygens (including phenoxy) is 1. The largest absolute Gasteiger partial charge is 0.495 e. The van der Waals surface area contributed by atoms with Crippen LogP contribution in [-0.2, 0) is 0 Å².